The summed E-state index contributed by atoms with van der Waals surface area (Å²) in [5.41, 5.74) is 0.802. The van der Waals surface area contributed by atoms with E-state index in [4.69, 9.17) is 9.84 Å². The molecule has 1 aromatic carbocycles. The third kappa shape index (κ3) is 3.32. The summed E-state index contributed by atoms with van der Waals surface area (Å²) in [7, 11) is -3.67. The van der Waals surface area contributed by atoms with E-state index in [9.17, 15) is 13.2 Å². The van der Waals surface area contributed by atoms with E-state index in [-0.39, 0.29) is 23.7 Å². The summed E-state index contributed by atoms with van der Waals surface area (Å²) < 4.78 is 33.5. The van der Waals surface area contributed by atoms with Crippen LogP contribution in [0.1, 0.15) is 16.1 Å². The zero-order chi connectivity index (χ0) is 16.4. The van der Waals surface area contributed by atoms with Crippen molar-refractivity contribution in [3.8, 4) is 5.75 Å². The summed E-state index contributed by atoms with van der Waals surface area (Å²) in [6, 6.07) is 4.78. The molecule has 9 nitrogen and oxygen atoms in total. The van der Waals surface area contributed by atoms with Gasteiger partial charge in [-0.2, -0.15) is 0 Å². The normalized spacial score (nSPS) is 13.6. The van der Waals surface area contributed by atoms with Crippen molar-refractivity contribution in [1.29, 1.82) is 0 Å². The molecular weight excluding hydrogens is 324 g/mol. The van der Waals surface area contributed by atoms with Crippen LogP contribution < -0.4 is 9.46 Å². The summed E-state index contributed by atoms with van der Waals surface area (Å²) in [6.45, 7) is 0.786. The Morgan fingerprint density at radius 2 is 2.26 bits per heavy atom. The van der Waals surface area contributed by atoms with Gasteiger partial charge in [0.1, 0.15) is 5.75 Å². The van der Waals surface area contributed by atoms with Crippen LogP contribution in [-0.4, -0.2) is 47.6 Å². The second kappa shape index (κ2) is 5.97. The van der Waals surface area contributed by atoms with Crippen molar-refractivity contribution in [2.45, 2.75) is 17.9 Å². The number of sulfonamides is 1. The molecule has 2 heterocycles. The average Bonchev–Trinajstić information content (AvgIpc) is 3.15. The zero-order valence-corrected chi connectivity index (χ0v) is 12.8. The lowest BCUT2D eigenvalue weighted by Crippen LogP contribution is -2.27. The monoisotopic (exact) mass is 338 g/mol. The number of rotatable bonds is 6. The van der Waals surface area contributed by atoms with Gasteiger partial charge in [-0.05, 0) is 11.6 Å². The number of aromatic carboxylic acids is 1. The smallest absolute Gasteiger partial charge is 0.358 e. The number of carboxylic acid groups (broad SMARTS) is 1. The number of nitrogens with zero attached hydrogens (tertiary/aromatic N) is 3. The SMILES string of the molecule is O=C(O)c1cn(CCNS(=O)(=O)c2ccc3c(c2)OCC3)nn1. The van der Waals surface area contributed by atoms with Crippen LogP contribution in [0.2, 0.25) is 0 Å². The molecule has 0 bridgehead atoms. The fourth-order valence-electron chi connectivity index (χ4n) is 2.20. The number of carbonyl (C=O) groups is 1. The number of carboxylic acids is 1. The molecule has 1 aliphatic heterocycles. The highest BCUT2D eigenvalue weighted by atomic mass is 32.2. The highest BCUT2D eigenvalue weighted by molar-refractivity contribution is 7.89. The van der Waals surface area contributed by atoms with Crippen molar-refractivity contribution in [1.82, 2.24) is 19.7 Å². The molecule has 2 N–H and O–H groups in total. The number of hydrogen-bond donors (Lipinski definition) is 2. The molecule has 1 aliphatic rings. The van der Waals surface area contributed by atoms with Crippen LogP contribution in [0.15, 0.2) is 29.3 Å². The van der Waals surface area contributed by atoms with Gasteiger partial charge in [0.15, 0.2) is 5.69 Å². The van der Waals surface area contributed by atoms with E-state index in [0.717, 1.165) is 12.0 Å². The number of aromatic nitrogens is 3. The molecule has 1 aromatic heterocycles. The maximum Gasteiger partial charge on any atom is 0.358 e. The Balaban J connectivity index is 1.63. The van der Waals surface area contributed by atoms with Gasteiger partial charge in [-0.25, -0.2) is 17.9 Å². The average molecular weight is 338 g/mol. The van der Waals surface area contributed by atoms with Gasteiger partial charge in [0, 0.05) is 19.0 Å². The lowest BCUT2D eigenvalue weighted by molar-refractivity contribution is 0.0690. The predicted molar refractivity (Wildman–Crippen MR) is 77.8 cm³/mol. The largest absolute Gasteiger partial charge is 0.493 e. The van der Waals surface area contributed by atoms with E-state index >= 15 is 0 Å². The first-order valence-corrected chi connectivity index (χ1v) is 8.33. The Hall–Kier alpha value is -2.46. The number of nitrogens with one attached hydrogen (secondary N) is 1. The van der Waals surface area contributed by atoms with Gasteiger partial charge in [-0.3, -0.25) is 4.68 Å². The van der Waals surface area contributed by atoms with Crippen LogP contribution in [0.3, 0.4) is 0 Å². The van der Waals surface area contributed by atoms with Crippen molar-refractivity contribution in [2.75, 3.05) is 13.2 Å². The second-order valence-electron chi connectivity index (χ2n) is 4.94. The third-order valence-corrected chi connectivity index (χ3v) is 4.83. The van der Waals surface area contributed by atoms with Gasteiger partial charge in [-0.1, -0.05) is 11.3 Å². The number of fused-ring (bicyclic) bond motifs is 1. The molecule has 2 aromatic rings. The zero-order valence-electron chi connectivity index (χ0n) is 12.0. The quantitative estimate of drug-likeness (QED) is 0.753. The molecule has 0 fully saturated rings. The fraction of sp³-hybridized carbons (Fsp3) is 0.308. The highest BCUT2D eigenvalue weighted by Crippen LogP contribution is 2.27. The van der Waals surface area contributed by atoms with Crippen molar-refractivity contribution in [3.63, 3.8) is 0 Å². The van der Waals surface area contributed by atoms with E-state index in [1.165, 1.54) is 23.0 Å². The summed E-state index contributed by atoms with van der Waals surface area (Å²) >= 11 is 0. The van der Waals surface area contributed by atoms with Crippen LogP contribution in [0, 0.1) is 0 Å². The van der Waals surface area contributed by atoms with Crippen LogP contribution in [0.4, 0.5) is 0 Å². The lowest BCUT2D eigenvalue weighted by atomic mass is 10.2. The highest BCUT2D eigenvalue weighted by Gasteiger charge is 2.19. The summed E-state index contributed by atoms with van der Waals surface area (Å²) in [4.78, 5) is 10.8. The summed E-state index contributed by atoms with van der Waals surface area (Å²) in [5, 5.41) is 15.8. The number of benzene rings is 1. The minimum atomic E-state index is -3.67. The van der Waals surface area contributed by atoms with Crippen molar-refractivity contribution >= 4 is 16.0 Å². The van der Waals surface area contributed by atoms with Gasteiger partial charge < -0.3 is 9.84 Å². The molecule has 0 radical (unpaired) electrons. The first-order valence-electron chi connectivity index (χ1n) is 6.84. The maximum atomic E-state index is 12.2. The van der Waals surface area contributed by atoms with Crippen molar-refractivity contribution < 1.29 is 23.1 Å². The molecule has 23 heavy (non-hydrogen) atoms. The number of hydrogen-bond acceptors (Lipinski definition) is 6. The predicted octanol–water partition coefficient (Wildman–Crippen LogP) is -0.110. The molecule has 0 unspecified atom stereocenters. The Bertz CT molecular complexity index is 846. The minimum absolute atomic E-state index is 0.0582. The van der Waals surface area contributed by atoms with Crippen LogP contribution in [0.25, 0.3) is 0 Å². The molecule has 0 atom stereocenters. The molecule has 0 saturated carbocycles. The van der Waals surface area contributed by atoms with E-state index in [1.807, 2.05) is 0 Å². The Labute approximate surface area is 131 Å². The van der Waals surface area contributed by atoms with Gasteiger partial charge in [0.2, 0.25) is 10.0 Å². The molecular formula is C13H14N4O5S. The Kier molecular flexibility index (Phi) is 4.01. The van der Waals surface area contributed by atoms with Gasteiger partial charge in [0.25, 0.3) is 0 Å². The first kappa shape index (κ1) is 15.4. The molecule has 0 saturated heterocycles. The van der Waals surface area contributed by atoms with E-state index in [0.29, 0.717) is 12.4 Å². The lowest BCUT2D eigenvalue weighted by Gasteiger charge is -2.08. The standard InChI is InChI=1S/C13H14N4O5S/c18-13(19)11-8-17(16-15-11)5-4-14-23(20,21)10-2-1-9-3-6-22-12(9)7-10/h1-2,7-8,14H,3-6H2,(H,18,19). The fourth-order valence-corrected chi connectivity index (χ4v) is 3.23. The van der Waals surface area contributed by atoms with Gasteiger partial charge >= 0.3 is 5.97 Å². The molecule has 0 spiro atoms. The van der Waals surface area contributed by atoms with Crippen molar-refractivity contribution in [3.05, 3.63) is 35.7 Å². The van der Waals surface area contributed by atoms with Gasteiger partial charge in [0.05, 0.1) is 24.2 Å². The van der Waals surface area contributed by atoms with Crippen molar-refractivity contribution in [2.24, 2.45) is 0 Å². The van der Waals surface area contributed by atoms with Gasteiger partial charge in [-0.15, -0.1) is 5.10 Å². The topological polar surface area (TPSA) is 123 Å². The third-order valence-electron chi connectivity index (χ3n) is 3.37. The Morgan fingerprint density at radius 1 is 1.43 bits per heavy atom. The Morgan fingerprint density at radius 3 is 3.00 bits per heavy atom. The van der Waals surface area contributed by atoms with Crippen LogP contribution in [-0.2, 0) is 23.0 Å². The van der Waals surface area contributed by atoms with Crippen LogP contribution >= 0.6 is 0 Å². The maximum absolute atomic E-state index is 12.2. The van der Waals surface area contributed by atoms with E-state index in [2.05, 4.69) is 15.0 Å². The molecule has 0 aliphatic carbocycles. The summed E-state index contributed by atoms with van der Waals surface area (Å²) in [5.74, 6) is -0.592. The molecule has 10 heteroatoms. The first-order chi connectivity index (χ1) is 11.0. The number of ether oxygens (including phenoxy) is 1. The van der Waals surface area contributed by atoms with E-state index < -0.39 is 16.0 Å². The second-order valence-corrected chi connectivity index (χ2v) is 6.70. The minimum Gasteiger partial charge on any atom is -0.493 e. The van der Waals surface area contributed by atoms with E-state index in [1.54, 1.807) is 6.07 Å². The molecule has 122 valence electrons. The molecule has 0 amide bonds. The summed E-state index contributed by atoms with van der Waals surface area (Å²) in [6.07, 6.45) is 2.02. The molecule has 3 rings (SSSR count). The van der Waals surface area contributed by atoms with Crippen LogP contribution in [0.5, 0.6) is 5.75 Å².